The number of nitrogens with two attached hydrogens (primary N) is 1. The summed E-state index contributed by atoms with van der Waals surface area (Å²) in [4.78, 5) is 1.20. The van der Waals surface area contributed by atoms with Gasteiger partial charge < -0.3 is 10.2 Å². The first-order valence-corrected chi connectivity index (χ1v) is 6.71. The van der Waals surface area contributed by atoms with Gasteiger partial charge in [0.05, 0.1) is 12.0 Å². The molecule has 0 saturated carbocycles. The van der Waals surface area contributed by atoms with Crippen LogP contribution < -0.4 is 5.73 Å². The van der Waals surface area contributed by atoms with E-state index in [0.717, 1.165) is 21.5 Å². The lowest BCUT2D eigenvalue weighted by Gasteiger charge is -2.05. The van der Waals surface area contributed by atoms with Crippen LogP contribution in [-0.2, 0) is 12.3 Å². The number of benzene rings is 1. The van der Waals surface area contributed by atoms with Crippen LogP contribution in [0.4, 0.5) is 0 Å². The van der Waals surface area contributed by atoms with Gasteiger partial charge in [-0.15, -0.1) is 11.8 Å². The van der Waals surface area contributed by atoms with Crippen molar-refractivity contribution in [1.82, 2.24) is 0 Å². The summed E-state index contributed by atoms with van der Waals surface area (Å²) in [5.41, 5.74) is 6.71. The fourth-order valence-electron chi connectivity index (χ4n) is 1.33. The van der Waals surface area contributed by atoms with Gasteiger partial charge in [-0.25, -0.2) is 0 Å². The Morgan fingerprint density at radius 2 is 2.19 bits per heavy atom. The smallest absolute Gasteiger partial charge is 0.113 e. The second-order valence-electron chi connectivity index (χ2n) is 3.34. The maximum atomic E-state index is 5.58. The van der Waals surface area contributed by atoms with E-state index in [1.165, 1.54) is 4.90 Å². The average Bonchev–Trinajstić information content (AvgIpc) is 2.80. The Balaban J connectivity index is 2.04. The summed E-state index contributed by atoms with van der Waals surface area (Å²) < 4.78 is 6.37. The molecule has 2 N–H and O–H groups in total. The Kier molecular flexibility index (Phi) is 4.09. The van der Waals surface area contributed by atoms with Crippen LogP contribution in [0.3, 0.4) is 0 Å². The van der Waals surface area contributed by atoms with E-state index in [-0.39, 0.29) is 0 Å². The Morgan fingerprint density at radius 1 is 1.31 bits per heavy atom. The van der Waals surface area contributed by atoms with E-state index in [1.807, 2.05) is 12.1 Å². The Hall–Kier alpha value is -0.710. The molecule has 0 unspecified atom stereocenters. The molecule has 2 rings (SSSR count). The molecular weight excluding hydrogens is 286 g/mol. The maximum absolute atomic E-state index is 5.58. The van der Waals surface area contributed by atoms with Gasteiger partial charge >= 0.3 is 0 Å². The third-order valence-electron chi connectivity index (χ3n) is 2.18. The molecule has 0 atom stereocenters. The molecule has 4 heteroatoms. The second-order valence-corrected chi connectivity index (χ2v) is 5.21. The van der Waals surface area contributed by atoms with E-state index in [2.05, 4.69) is 34.1 Å². The van der Waals surface area contributed by atoms with Crippen LogP contribution >= 0.6 is 27.7 Å². The number of thioether (sulfide) groups is 1. The lowest BCUT2D eigenvalue weighted by molar-refractivity contribution is 0.530. The van der Waals surface area contributed by atoms with E-state index in [0.29, 0.717) is 6.54 Å². The molecule has 84 valence electrons. The zero-order chi connectivity index (χ0) is 11.4. The van der Waals surface area contributed by atoms with Crippen LogP contribution in [0.25, 0.3) is 0 Å². The highest BCUT2D eigenvalue weighted by atomic mass is 79.9. The highest BCUT2D eigenvalue weighted by molar-refractivity contribution is 9.10. The molecule has 1 aromatic heterocycles. The second kappa shape index (κ2) is 5.57. The molecule has 0 saturated heterocycles. The molecule has 1 aromatic carbocycles. The molecule has 16 heavy (non-hydrogen) atoms. The van der Waals surface area contributed by atoms with Crippen LogP contribution in [0.5, 0.6) is 0 Å². The lowest BCUT2D eigenvalue weighted by atomic mass is 10.2. The van der Waals surface area contributed by atoms with Crippen molar-refractivity contribution in [2.24, 2.45) is 5.73 Å². The Morgan fingerprint density at radius 3 is 2.81 bits per heavy atom. The first kappa shape index (κ1) is 11.8. The molecule has 0 bridgehead atoms. The zero-order valence-electron chi connectivity index (χ0n) is 8.65. The molecule has 0 spiro atoms. The van der Waals surface area contributed by atoms with E-state index >= 15 is 0 Å². The number of halogens is 1. The first-order chi connectivity index (χ1) is 7.79. The molecule has 2 aromatic rings. The minimum atomic E-state index is 0.571. The predicted octanol–water partition coefficient (Wildman–Crippen LogP) is 3.79. The predicted molar refractivity (Wildman–Crippen MR) is 70.3 cm³/mol. The van der Waals surface area contributed by atoms with Crippen LogP contribution in [0, 0.1) is 0 Å². The summed E-state index contributed by atoms with van der Waals surface area (Å²) in [7, 11) is 0. The van der Waals surface area contributed by atoms with Crippen LogP contribution in [0.1, 0.15) is 11.3 Å². The van der Waals surface area contributed by atoms with Crippen LogP contribution in [0.15, 0.2) is 50.4 Å². The number of furan rings is 1. The fraction of sp³-hybridized carbons (Fsp3) is 0.167. The summed E-state index contributed by atoms with van der Waals surface area (Å²) in [5.74, 6) is 1.83. The van der Waals surface area contributed by atoms with Crippen molar-refractivity contribution in [1.29, 1.82) is 0 Å². The van der Waals surface area contributed by atoms with Crippen molar-refractivity contribution < 1.29 is 4.42 Å². The molecule has 0 aliphatic carbocycles. The van der Waals surface area contributed by atoms with Crippen molar-refractivity contribution in [3.05, 3.63) is 52.4 Å². The summed E-state index contributed by atoms with van der Waals surface area (Å²) in [6.45, 7) is 0.571. The average molecular weight is 298 g/mol. The maximum Gasteiger partial charge on any atom is 0.113 e. The van der Waals surface area contributed by atoms with Gasteiger partial charge in [-0.1, -0.05) is 6.07 Å². The van der Waals surface area contributed by atoms with E-state index in [9.17, 15) is 0 Å². The zero-order valence-corrected chi connectivity index (χ0v) is 11.1. The van der Waals surface area contributed by atoms with Gasteiger partial charge in [-0.05, 0) is 45.8 Å². The SMILES string of the molecule is NCc1ccc(SCc2ccco2)c(Br)c1. The molecule has 0 fully saturated rings. The van der Waals surface area contributed by atoms with Crippen molar-refractivity contribution in [2.45, 2.75) is 17.2 Å². The summed E-state index contributed by atoms with van der Waals surface area (Å²) >= 11 is 5.29. The van der Waals surface area contributed by atoms with Gasteiger partial charge in [-0.2, -0.15) is 0 Å². The van der Waals surface area contributed by atoms with Crippen LogP contribution in [-0.4, -0.2) is 0 Å². The third kappa shape index (κ3) is 2.90. The topological polar surface area (TPSA) is 39.2 Å². The van der Waals surface area contributed by atoms with Crippen LogP contribution in [0.2, 0.25) is 0 Å². The van der Waals surface area contributed by atoms with Gasteiger partial charge in [0.2, 0.25) is 0 Å². The third-order valence-corrected chi connectivity index (χ3v) is 4.20. The normalized spacial score (nSPS) is 10.6. The Bertz CT molecular complexity index is 456. The molecule has 0 radical (unpaired) electrons. The molecule has 1 heterocycles. The van der Waals surface area contributed by atoms with Gasteiger partial charge in [0.25, 0.3) is 0 Å². The highest BCUT2D eigenvalue weighted by Crippen LogP contribution is 2.30. The van der Waals surface area contributed by atoms with Crippen molar-refractivity contribution in [3.8, 4) is 0 Å². The summed E-state index contributed by atoms with van der Waals surface area (Å²) in [6.07, 6.45) is 1.70. The molecular formula is C12H12BrNOS. The quantitative estimate of drug-likeness (QED) is 0.873. The largest absolute Gasteiger partial charge is 0.468 e. The highest BCUT2D eigenvalue weighted by Gasteiger charge is 2.03. The van der Waals surface area contributed by atoms with E-state index < -0.39 is 0 Å². The number of hydrogen-bond acceptors (Lipinski definition) is 3. The minimum Gasteiger partial charge on any atom is -0.468 e. The molecule has 0 aliphatic heterocycles. The number of rotatable bonds is 4. The number of hydrogen-bond donors (Lipinski definition) is 1. The Labute approximate surface area is 107 Å². The van der Waals surface area contributed by atoms with Gasteiger partial charge in [0.1, 0.15) is 5.76 Å². The molecule has 0 amide bonds. The molecule has 2 nitrogen and oxygen atoms in total. The van der Waals surface area contributed by atoms with Crippen molar-refractivity contribution >= 4 is 27.7 Å². The van der Waals surface area contributed by atoms with E-state index in [1.54, 1.807) is 18.0 Å². The standard InChI is InChI=1S/C12H12BrNOS/c13-11-6-9(7-14)3-4-12(11)16-8-10-2-1-5-15-10/h1-6H,7-8,14H2. The van der Waals surface area contributed by atoms with Gasteiger partial charge in [0.15, 0.2) is 0 Å². The van der Waals surface area contributed by atoms with Gasteiger partial charge in [-0.3, -0.25) is 0 Å². The monoisotopic (exact) mass is 297 g/mol. The lowest BCUT2D eigenvalue weighted by Crippen LogP contribution is -1.95. The van der Waals surface area contributed by atoms with E-state index in [4.69, 9.17) is 10.2 Å². The molecule has 0 aliphatic rings. The fourth-order valence-corrected chi connectivity index (χ4v) is 2.92. The van der Waals surface area contributed by atoms with Crippen molar-refractivity contribution in [2.75, 3.05) is 0 Å². The minimum absolute atomic E-state index is 0.571. The summed E-state index contributed by atoms with van der Waals surface area (Å²) in [6, 6.07) is 10.1. The summed E-state index contributed by atoms with van der Waals surface area (Å²) in [5, 5.41) is 0. The first-order valence-electron chi connectivity index (χ1n) is 4.93. The van der Waals surface area contributed by atoms with Gasteiger partial charge in [0, 0.05) is 15.9 Å². The van der Waals surface area contributed by atoms with Crippen molar-refractivity contribution in [3.63, 3.8) is 0 Å².